The zero-order valence-corrected chi connectivity index (χ0v) is 19.5. The van der Waals surface area contributed by atoms with Crippen LogP contribution in [0.5, 0.6) is 5.75 Å². The number of benzene rings is 3. The molecular formula is C29H31N3O. The maximum Gasteiger partial charge on any atom is 0.147 e. The maximum atomic E-state index is 10.1. The molecule has 5 rings (SSSR count). The lowest BCUT2D eigenvalue weighted by molar-refractivity contribution is 0.467. The molecule has 1 saturated heterocycles. The Morgan fingerprint density at radius 3 is 2.45 bits per heavy atom. The molecule has 1 N–H and O–H groups in total. The van der Waals surface area contributed by atoms with E-state index in [2.05, 4.69) is 47.4 Å². The second-order valence-electron chi connectivity index (χ2n) is 9.36. The molecule has 0 aliphatic carbocycles. The molecule has 0 bridgehead atoms. The SMILES string of the molecule is Cc1cc(-c2ccc3ncc(N4CCCC(Cc5ccccc5)CC4)nc3c2)cc(C)c1O. The number of fused-ring (bicyclic) bond motifs is 1. The highest BCUT2D eigenvalue weighted by atomic mass is 16.3. The molecule has 1 unspecified atom stereocenters. The molecule has 4 heteroatoms. The van der Waals surface area contributed by atoms with E-state index in [1.165, 1.54) is 24.8 Å². The number of anilines is 1. The van der Waals surface area contributed by atoms with Crippen LogP contribution in [0.15, 0.2) is 66.9 Å². The average molecular weight is 438 g/mol. The van der Waals surface area contributed by atoms with Gasteiger partial charge in [0.15, 0.2) is 0 Å². The van der Waals surface area contributed by atoms with Crippen molar-refractivity contribution in [3.05, 3.63) is 83.6 Å². The lowest BCUT2D eigenvalue weighted by Crippen LogP contribution is -2.25. The van der Waals surface area contributed by atoms with Crippen molar-refractivity contribution in [1.29, 1.82) is 0 Å². The van der Waals surface area contributed by atoms with Gasteiger partial charge in [-0.15, -0.1) is 0 Å². The van der Waals surface area contributed by atoms with Gasteiger partial charge in [-0.3, -0.25) is 4.98 Å². The van der Waals surface area contributed by atoms with Gasteiger partial charge in [0.05, 0.1) is 17.2 Å². The molecular weight excluding hydrogens is 406 g/mol. The van der Waals surface area contributed by atoms with E-state index in [4.69, 9.17) is 9.97 Å². The van der Waals surface area contributed by atoms with Gasteiger partial charge in [0.2, 0.25) is 0 Å². The first-order valence-electron chi connectivity index (χ1n) is 11.9. The zero-order chi connectivity index (χ0) is 22.8. The van der Waals surface area contributed by atoms with Crippen LogP contribution >= 0.6 is 0 Å². The van der Waals surface area contributed by atoms with Gasteiger partial charge in [0.25, 0.3) is 0 Å². The van der Waals surface area contributed by atoms with Crippen molar-refractivity contribution in [2.75, 3.05) is 18.0 Å². The first-order chi connectivity index (χ1) is 16.1. The highest BCUT2D eigenvalue weighted by molar-refractivity contribution is 5.82. The van der Waals surface area contributed by atoms with Gasteiger partial charge >= 0.3 is 0 Å². The summed E-state index contributed by atoms with van der Waals surface area (Å²) in [7, 11) is 0. The molecule has 0 amide bonds. The van der Waals surface area contributed by atoms with E-state index in [1.807, 2.05) is 38.2 Å². The van der Waals surface area contributed by atoms with Gasteiger partial charge in [-0.05, 0) is 97.5 Å². The molecule has 1 fully saturated rings. The van der Waals surface area contributed by atoms with Gasteiger partial charge in [-0.25, -0.2) is 4.98 Å². The number of phenolic OH excluding ortho intramolecular Hbond substituents is 1. The highest BCUT2D eigenvalue weighted by Crippen LogP contribution is 2.31. The van der Waals surface area contributed by atoms with E-state index in [1.54, 1.807) is 0 Å². The van der Waals surface area contributed by atoms with Crippen LogP contribution in [0.3, 0.4) is 0 Å². The molecule has 1 aliphatic heterocycles. The highest BCUT2D eigenvalue weighted by Gasteiger charge is 2.19. The van der Waals surface area contributed by atoms with Crippen LogP contribution < -0.4 is 4.90 Å². The van der Waals surface area contributed by atoms with Gasteiger partial charge in [-0.2, -0.15) is 0 Å². The van der Waals surface area contributed by atoms with Crippen LogP contribution in [0.25, 0.3) is 22.2 Å². The lowest BCUT2D eigenvalue weighted by atomic mass is 9.93. The second kappa shape index (κ2) is 9.22. The Kier molecular flexibility index (Phi) is 5.99. The van der Waals surface area contributed by atoms with E-state index < -0.39 is 0 Å². The number of phenols is 1. The Bertz CT molecular complexity index is 1250. The van der Waals surface area contributed by atoms with E-state index in [0.717, 1.165) is 64.5 Å². The summed E-state index contributed by atoms with van der Waals surface area (Å²) in [4.78, 5) is 12.1. The Labute approximate surface area is 195 Å². The first-order valence-corrected chi connectivity index (χ1v) is 11.9. The van der Waals surface area contributed by atoms with E-state index in [9.17, 15) is 5.11 Å². The van der Waals surface area contributed by atoms with E-state index >= 15 is 0 Å². The molecule has 1 atom stereocenters. The molecule has 3 aromatic carbocycles. The molecule has 1 aliphatic rings. The third kappa shape index (κ3) is 4.70. The molecule has 4 aromatic rings. The van der Waals surface area contributed by atoms with Crippen LogP contribution in [0.4, 0.5) is 5.82 Å². The standard InChI is InChI=1S/C29H31N3O/c1-20-15-25(16-21(2)29(20)33)24-10-11-26-27(18-24)31-28(19-30-26)32-13-6-9-23(12-14-32)17-22-7-4-3-5-8-22/h3-5,7-8,10-11,15-16,18-19,23,33H,6,9,12-14,17H2,1-2H3. The molecule has 168 valence electrons. The van der Waals surface area contributed by atoms with E-state index in [-0.39, 0.29) is 0 Å². The van der Waals surface area contributed by atoms with Crippen molar-refractivity contribution in [2.45, 2.75) is 39.5 Å². The number of hydrogen-bond acceptors (Lipinski definition) is 4. The van der Waals surface area contributed by atoms with Crippen LogP contribution in [0, 0.1) is 19.8 Å². The minimum Gasteiger partial charge on any atom is -0.507 e. The molecule has 1 aromatic heterocycles. The maximum absolute atomic E-state index is 10.1. The first kappa shape index (κ1) is 21.4. The Balaban J connectivity index is 1.36. The number of aromatic hydroxyl groups is 1. The second-order valence-corrected chi connectivity index (χ2v) is 9.36. The summed E-state index contributed by atoms with van der Waals surface area (Å²) in [6, 6.07) is 21.2. The fourth-order valence-electron chi connectivity index (χ4n) is 5.00. The molecule has 4 nitrogen and oxygen atoms in total. The summed E-state index contributed by atoms with van der Waals surface area (Å²) in [5.74, 6) is 2.06. The monoisotopic (exact) mass is 437 g/mol. The predicted octanol–water partition coefficient (Wildman–Crippen LogP) is 6.47. The lowest BCUT2D eigenvalue weighted by Gasteiger charge is -2.21. The number of hydrogen-bond donors (Lipinski definition) is 1. The normalized spacial score (nSPS) is 16.7. The van der Waals surface area contributed by atoms with Gasteiger partial charge in [0, 0.05) is 13.1 Å². The predicted molar refractivity (Wildman–Crippen MR) is 136 cm³/mol. The summed E-state index contributed by atoms with van der Waals surface area (Å²) in [6.07, 6.45) is 6.71. The van der Waals surface area contributed by atoms with Gasteiger partial charge in [-0.1, -0.05) is 36.4 Å². The van der Waals surface area contributed by atoms with Gasteiger partial charge in [0.1, 0.15) is 11.6 Å². The summed E-state index contributed by atoms with van der Waals surface area (Å²) >= 11 is 0. The van der Waals surface area contributed by atoms with Crippen molar-refractivity contribution in [3.63, 3.8) is 0 Å². The third-order valence-electron chi connectivity index (χ3n) is 6.89. The average Bonchev–Trinajstić information content (AvgIpc) is 3.08. The fraction of sp³-hybridized carbons (Fsp3) is 0.310. The third-order valence-corrected chi connectivity index (χ3v) is 6.89. The summed E-state index contributed by atoms with van der Waals surface area (Å²) in [5, 5.41) is 10.1. The van der Waals surface area contributed by atoms with Crippen LogP contribution in [-0.4, -0.2) is 28.2 Å². The minimum absolute atomic E-state index is 0.369. The largest absolute Gasteiger partial charge is 0.507 e. The van der Waals surface area contributed by atoms with Crippen molar-refractivity contribution >= 4 is 16.9 Å². The molecule has 33 heavy (non-hydrogen) atoms. The summed E-state index contributed by atoms with van der Waals surface area (Å²) in [6.45, 7) is 5.93. The molecule has 2 heterocycles. The van der Waals surface area contributed by atoms with Crippen LogP contribution in [0.2, 0.25) is 0 Å². The Morgan fingerprint density at radius 2 is 1.67 bits per heavy atom. The van der Waals surface area contributed by atoms with Crippen LogP contribution in [-0.2, 0) is 6.42 Å². The van der Waals surface area contributed by atoms with Crippen molar-refractivity contribution in [1.82, 2.24) is 9.97 Å². The topological polar surface area (TPSA) is 49.2 Å². The Hall–Kier alpha value is -3.40. The van der Waals surface area contributed by atoms with Crippen LogP contribution in [0.1, 0.15) is 36.0 Å². The molecule has 0 radical (unpaired) electrons. The van der Waals surface area contributed by atoms with Gasteiger partial charge < -0.3 is 10.0 Å². The summed E-state index contributed by atoms with van der Waals surface area (Å²) in [5.41, 5.74) is 7.23. The number of rotatable bonds is 4. The number of nitrogens with zero attached hydrogens (tertiary/aromatic N) is 3. The smallest absolute Gasteiger partial charge is 0.147 e. The fourth-order valence-corrected chi connectivity index (χ4v) is 5.00. The Morgan fingerprint density at radius 1 is 0.879 bits per heavy atom. The quantitative estimate of drug-likeness (QED) is 0.398. The van der Waals surface area contributed by atoms with Crippen molar-refractivity contribution < 1.29 is 5.11 Å². The zero-order valence-electron chi connectivity index (χ0n) is 19.5. The number of aryl methyl sites for hydroxylation is 2. The van der Waals surface area contributed by atoms with Crippen molar-refractivity contribution in [2.24, 2.45) is 5.92 Å². The molecule has 0 saturated carbocycles. The minimum atomic E-state index is 0.369. The van der Waals surface area contributed by atoms with Crippen molar-refractivity contribution in [3.8, 4) is 16.9 Å². The molecule has 0 spiro atoms. The summed E-state index contributed by atoms with van der Waals surface area (Å²) < 4.78 is 0. The number of aromatic nitrogens is 2. The van der Waals surface area contributed by atoms with E-state index in [0.29, 0.717) is 5.75 Å².